The number of carbonyl (C=O) groups is 2. The number of rotatable bonds is 10. The summed E-state index contributed by atoms with van der Waals surface area (Å²) in [6.07, 6.45) is 1.74. The van der Waals surface area contributed by atoms with Crippen LogP contribution in [0.25, 0.3) is 0 Å². The summed E-state index contributed by atoms with van der Waals surface area (Å²) < 4.78 is 5.06. The third-order valence-corrected chi connectivity index (χ3v) is 4.41. The molecule has 0 atom stereocenters. The van der Waals surface area contributed by atoms with E-state index in [9.17, 15) is 9.59 Å². The molecule has 0 saturated carbocycles. The van der Waals surface area contributed by atoms with E-state index in [1.165, 1.54) is 0 Å². The maximum atomic E-state index is 12.0. The zero-order chi connectivity index (χ0) is 21.1. The average molecular weight is 396 g/mol. The van der Waals surface area contributed by atoms with Gasteiger partial charge in [0.05, 0.1) is 13.3 Å². The van der Waals surface area contributed by atoms with Gasteiger partial charge in [0.15, 0.2) is 0 Å². The van der Waals surface area contributed by atoms with Crippen molar-refractivity contribution in [3.8, 4) is 5.75 Å². The summed E-state index contributed by atoms with van der Waals surface area (Å²) in [5.74, 6) is 0.176. The van der Waals surface area contributed by atoms with Crippen molar-refractivity contribution in [2.24, 2.45) is 5.10 Å². The number of methoxy groups -OCH3 is 1. The van der Waals surface area contributed by atoms with Crippen molar-refractivity contribution >= 4 is 23.7 Å². The van der Waals surface area contributed by atoms with Gasteiger partial charge in [0.25, 0.3) is 5.91 Å². The molecule has 7 heteroatoms. The van der Waals surface area contributed by atoms with Crippen molar-refractivity contribution in [1.82, 2.24) is 10.7 Å². The number of hydrazone groups is 1. The number of nitrogens with zero attached hydrogens (tertiary/aromatic N) is 2. The molecule has 2 aromatic rings. The van der Waals surface area contributed by atoms with E-state index in [1.807, 2.05) is 24.3 Å². The first-order valence-corrected chi connectivity index (χ1v) is 9.66. The Balaban J connectivity index is 1.72. The maximum absolute atomic E-state index is 12.0. The van der Waals surface area contributed by atoms with Crippen molar-refractivity contribution in [2.45, 2.75) is 20.3 Å². The summed E-state index contributed by atoms with van der Waals surface area (Å²) in [5, 5.41) is 6.67. The molecule has 0 aromatic heterocycles. The molecule has 0 spiro atoms. The van der Waals surface area contributed by atoms with Crippen LogP contribution in [0.3, 0.4) is 0 Å². The third kappa shape index (κ3) is 6.95. The van der Waals surface area contributed by atoms with Crippen molar-refractivity contribution < 1.29 is 14.3 Å². The van der Waals surface area contributed by atoms with Crippen molar-refractivity contribution in [3.63, 3.8) is 0 Å². The molecular weight excluding hydrogens is 368 g/mol. The van der Waals surface area contributed by atoms with Crippen molar-refractivity contribution in [2.75, 3.05) is 31.6 Å². The fourth-order valence-corrected chi connectivity index (χ4v) is 2.73. The molecule has 2 aromatic carbocycles. The van der Waals surface area contributed by atoms with Gasteiger partial charge in [-0.15, -0.1) is 0 Å². The van der Waals surface area contributed by atoms with E-state index in [0.717, 1.165) is 24.3 Å². The largest absolute Gasteiger partial charge is 0.497 e. The topological polar surface area (TPSA) is 83.0 Å². The molecule has 0 aliphatic rings. The molecule has 0 aliphatic heterocycles. The van der Waals surface area contributed by atoms with Gasteiger partial charge in [-0.25, -0.2) is 5.43 Å². The Morgan fingerprint density at radius 2 is 1.69 bits per heavy atom. The number of amides is 2. The van der Waals surface area contributed by atoms with Crippen LogP contribution in [0, 0.1) is 0 Å². The molecule has 0 heterocycles. The molecule has 0 radical (unpaired) electrons. The van der Waals surface area contributed by atoms with Crippen LogP contribution in [-0.4, -0.2) is 44.8 Å². The molecule has 2 amide bonds. The number of hydrogen-bond acceptors (Lipinski definition) is 5. The summed E-state index contributed by atoms with van der Waals surface area (Å²) in [4.78, 5) is 26.1. The number of carbonyl (C=O) groups excluding carboxylic acids is 2. The number of anilines is 1. The van der Waals surface area contributed by atoms with E-state index in [2.05, 4.69) is 34.6 Å². The minimum absolute atomic E-state index is 0.139. The number of nitrogens with one attached hydrogen (secondary N) is 2. The molecule has 0 fully saturated rings. The summed E-state index contributed by atoms with van der Waals surface area (Å²) in [6.45, 7) is 6.37. The highest BCUT2D eigenvalue weighted by atomic mass is 16.5. The van der Waals surface area contributed by atoms with Gasteiger partial charge in [0.2, 0.25) is 5.91 Å². The molecule has 2 rings (SSSR count). The molecule has 29 heavy (non-hydrogen) atoms. The van der Waals surface area contributed by atoms with Gasteiger partial charge in [0, 0.05) is 37.3 Å². The van der Waals surface area contributed by atoms with Gasteiger partial charge in [-0.05, 0) is 55.8 Å². The van der Waals surface area contributed by atoms with Crippen LogP contribution in [0.2, 0.25) is 0 Å². The van der Waals surface area contributed by atoms with Gasteiger partial charge in [-0.3, -0.25) is 9.59 Å². The molecule has 0 saturated heterocycles. The number of benzene rings is 2. The second kappa shape index (κ2) is 11.5. The van der Waals surface area contributed by atoms with Gasteiger partial charge in [0.1, 0.15) is 5.75 Å². The Morgan fingerprint density at radius 3 is 2.28 bits per heavy atom. The predicted octanol–water partition coefficient (Wildman–Crippen LogP) is 2.81. The maximum Gasteiger partial charge on any atom is 0.251 e. The lowest BCUT2D eigenvalue weighted by Crippen LogP contribution is -2.29. The Bertz CT molecular complexity index is 813. The fraction of sp³-hybridized carbons (Fsp3) is 0.318. The minimum atomic E-state index is -0.268. The lowest BCUT2D eigenvalue weighted by molar-refractivity contribution is -0.120. The molecule has 0 bridgehead atoms. The Kier molecular flexibility index (Phi) is 8.69. The molecule has 154 valence electrons. The van der Waals surface area contributed by atoms with E-state index in [-0.39, 0.29) is 24.8 Å². The molecular formula is C22H28N4O3. The van der Waals surface area contributed by atoms with Gasteiger partial charge < -0.3 is 15.0 Å². The van der Waals surface area contributed by atoms with Crippen LogP contribution in [-0.2, 0) is 4.79 Å². The number of ether oxygens (including phenoxy) is 1. The normalized spacial score (nSPS) is 10.6. The third-order valence-electron chi connectivity index (χ3n) is 4.41. The Labute approximate surface area is 171 Å². The van der Waals surface area contributed by atoms with E-state index in [0.29, 0.717) is 11.3 Å². The molecule has 0 aliphatic carbocycles. The zero-order valence-electron chi connectivity index (χ0n) is 17.1. The van der Waals surface area contributed by atoms with E-state index in [1.54, 1.807) is 37.6 Å². The van der Waals surface area contributed by atoms with Crippen molar-refractivity contribution in [3.05, 3.63) is 59.7 Å². The van der Waals surface area contributed by atoms with Gasteiger partial charge in [-0.2, -0.15) is 5.10 Å². The quantitative estimate of drug-likeness (QED) is 0.478. The average Bonchev–Trinajstić information content (AvgIpc) is 2.75. The van der Waals surface area contributed by atoms with Crippen LogP contribution in [0.1, 0.15) is 36.2 Å². The van der Waals surface area contributed by atoms with Crippen LogP contribution < -0.4 is 20.4 Å². The SMILES string of the molecule is CCN(CC)c1ccc(C=NNC(=O)CCNC(=O)c2ccc(OC)cc2)cc1. The highest BCUT2D eigenvalue weighted by Crippen LogP contribution is 2.14. The summed E-state index contributed by atoms with van der Waals surface area (Å²) in [6, 6.07) is 14.7. The summed E-state index contributed by atoms with van der Waals surface area (Å²) >= 11 is 0. The summed E-state index contributed by atoms with van der Waals surface area (Å²) in [7, 11) is 1.57. The second-order valence-electron chi connectivity index (χ2n) is 6.29. The molecule has 2 N–H and O–H groups in total. The smallest absolute Gasteiger partial charge is 0.251 e. The lowest BCUT2D eigenvalue weighted by Gasteiger charge is -2.20. The first-order valence-electron chi connectivity index (χ1n) is 9.66. The van der Waals surface area contributed by atoms with Gasteiger partial charge in [-0.1, -0.05) is 12.1 Å². The number of hydrogen-bond donors (Lipinski definition) is 2. The first kappa shape index (κ1) is 21.9. The highest BCUT2D eigenvalue weighted by molar-refractivity contribution is 5.94. The predicted molar refractivity (Wildman–Crippen MR) is 116 cm³/mol. The van der Waals surface area contributed by atoms with Crippen LogP contribution in [0.4, 0.5) is 5.69 Å². The standard InChI is InChI=1S/C22H28N4O3/c1-4-26(5-2)19-10-6-17(7-11-19)16-24-25-21(27)14-15-23-22(28)18-8-12-20(29-3)13-9-18/h6-13,16H,4-5,14-15H2,1-3H3,(H,23,28)(H,25,27). The minimum Gasteiger partial charge on any atom is -0.497 e. The van der Waals surface area contributed by atoms with Crippen molar-refractivity contribution in [1.29, 1.82) is 0 Å². The van der Waals surface area contributed by atoms with E-state index in [4.69, 9.17) is 4.74 Å². The van der Waals surface area contributed by atoms with E-state index < -0.39 is 0 Å². The van der Waals surface area contributed by atoms with Crippen LogP contribution >= 0.6 is 0 Å². The first-order chi connectivity index (χ1) is 14.1. The van der Waals surface area contributed by atoms with E-state index >= 15 is 0 Å². The monoisotopic (exact) mass is 396 g/mol. The zero-order valence-corrected chi connectivity index (χ0v) is 17.1. The fourth-order valence-electron chi connectivity index (χ4n) is 2.73. The summed E-state index contributed by atoms with van der Waals surface area (Å²) in [5.41, 5.74) is 5.04. The molecule has 7 nitrogen and oxygen atoms in total. The molecule has 0 unspecified atom stereocenters. The van der Waals surface area contributed by atoms with Crippen LogP contribution in [0.15, 0.2) is 53.6 Å². The second-order valence-corrected chi connectivity index (χ2v) is 6.29. The Hall–Kier alpha value is -3.35. The Morgan fingerprint density at radius 1 is 1.03 bits per heavy atom. The van der Waals surface area contributed by atoms with Crippen LogP contribution in [0.5, 0.6) is 5.75 Å². The van der Waals surface area contributed by atoms with Gasteiger partial charge >= 0.3 is 0 Å². The highest BCUT2D eigenvalue weighted by Gasteiger charge is 2.06. The lowest BCUT2D eigenvalue weighted by atomic mass is 10.2.